The fraction of sp³-hybridized carbons (Fsp3) is 0.429. The highest BCUT2D eigenvalue weighted by Crippen LogP contribution is 2.19. The van der Waals surface area contributed by atoms with Gasteiger partial charge in [-0.1, -0.05) is 68.1 Å². The Bertz CT molecular complexity index is 573. The van der Waals surface area contributed by atoms with Gasteiger partial charge in [0.1, 0.15) is 12.4 Å². The first-order valence-electron chi connectivity index (χ1n) is 8.89. The highest BCUT2D eigenvalue weighted by Gasteiger charge is 2.11. The first-order valence-corrected chi connectivity index (χ1v) is 8.89. The fourth-order valence-corrected chi connectivity index (χ4v) is 3.23. The van der Waals surface area contributed by atoms with Crippen LogP contribution in [0, 0.1) is 0 Å². The van der Waals surface area contributed by atoms with Crippen molar-refractivity contribution in [3.8, 4) is 5.75 Å². The minimum Gasteiger partial charge on any atom is -0.489 e. The zero-order chi connectivity index (χ0) is 15.7. The van der Waals surface area contributed by atoms with Gasteiger partial charge in [0.2, 0.25) is 0 Å². The summed E-state index contributed by atoms with van der Waals surface area (Å²) in [5.41, 5.74) is 2.51. The van der Waals surface area contributed by atoms with Crippen molar-refractivity contribution < 1.29 is 4.74 Å². The summed E-state index contributed by atoms with van der Waals surface area (Å²) in [6.07, 6.45) is 8.20. The molecule has 23 heavy (non-hydrogen) atoms. The van der Waals surface area contributed by atoms with E-state index in [1.165, 1.54) is 49.7 Å². The molecule has 1 N–H and O–H groups in total. The molecule has 1 aliphatic carbocycles. The van der Waals surface area contributed by atoms with Crippen molar-refractivity contribution >= 4 is 0 Å². The second kappa shape index (κ2) is 8.73. The molecule has 0 radical (unpaired) electrons. The molecule has 0 amide bonds. The Kier molecular flexibility index (Phi) is 6.10. The van der Waals surface area contributed by atoms with E-state index in [1.54, 1.807) is 0 Å². The first kappa shape index (κ1) is 16.1. The van der Waals surface area contributed by atoms with Crippen molar-refractivity contribution in [2.75, 3.05) is 0 Å². The SMILES string of the molecule is c1ccc(COc2cccc(CNC3CCCCCC3)c2)cc1. The van der Waals surface area contributed by atoms with Gasteiger partial charge in [0.15, 0.2) is 0 Å². The van der Waals surface area contributed by atoms with Crippen molar-refractivity contribution in [2.24, 2.45) is 0 Å². The van der Waals surface area contributed by atoms with Crippen LogP contribution in [0.3, 0.4) is 0 Å². The minimum atomic E-state index is 0.625. The lowest BCUT2D eigenvalue weighted by molar-refractivity contribution is 0.305. The second-order valence-electron chi connectivity index (χ2n) is 6.49. The summed E-state index contributed by atoms with van der Waals surface area (Å²) >= 11 is 0. The summed E-state index contributed by atoms with van der Waals surface area (Å²) < 4.78 is 5.92. The van der Waals surface area contributed by atoms with Gasteiger partial charge >= 0.3 is 0 Å². The number of hydrogen-bond donors (Lipinski definition) is 1. The minimum absolute atomic E-state index is 0.625. The van der Waals surface area contributed by atoms with E-state index in [0.29, 0.717) is 12.6 Å². The van der Waals surface area contributed by atoms with Crippen LogP contribution < -0.4 is 10.1 Å². The monoisotopic (exact) mass is 309 g/mol. The van der Waals surface area contributed by atoms with E-state index in [1.807, 2.05) is 24.3 Å². The second-order valence-corrected chi connectivity index (χ2v) is 6.49. The van der Waals surface area contributed by atoms with Crippen LogP contribution in [0.1, 0.15) is 49.7 Å². The summed E-state index contributed by atoms with van der Waals surface area (Å²) in [6, 6.07) is 19.5. The molecule has 0 saturated heterocycles. The summed E-state index contributed by atoms with van der Waals surface area (Å²) in [5.74, 6) is 0.953. The maximum absolute atomic E-state index is 5.92. The molecule has 2 aromatic carbocycles. The molecular weight excluding hydrogens is 282 g/mol. The average molecular weight is 309 g/mol. The molecule has 0 aromatic heterocycles. The predicted octanol–water partition coefficient (Wildman–Crippen LogP) is 5.08. The van der Waals surface area contributed by atoms with E-state index in [0.717, 1.165) is 12.3 Å². The van der Waals surface area contributed by atoms with E-state index >= 15 is 0 Å². The molecule has 1 fully saturated rings. The zero-order valence-electron chi connectivity index (χ0n) is 13.8. The van der Waals surface area contributed by atoms with Crippen molar-refractivity contribution in [2.45, 2.75) is 57.7 Å². The van der Waals surface area contributed by atoms with Gasteiger partial charge in [0.25, 0.3) is 0 Å². The van der Waals surface area contributed by atoms with Gasteiger partial charge in [-0.05, 0) is 36.1 Å². The van der Waals surface area contributed by atoms with E-state index in [2.05, 4.69) is 35.6 Å². The number of hydrogen-bond acceptors (Lipinski definition) is 2. The topological polar surface area (TPSA) is 21.3 Å². The van der Waals surface area contributed by atoms with E-state index in [9.17, 15) is 0 Å². The van der Waals surface area contributed by atoms with Gasteiger partial charge in [0.05, 0.1) is 0 Å². The predicted molar refractivity (Wildman–Crippen MR) is 95.5 cm³/mol. The Morgan fingerprint density at radius 2 is 1.57 bits per heavy atom. The highest BCUT2D eigenvalue weighted by molar-refractivity contribution is 5.29. The molecule has 1 aliphatic rings. The largest absolute Gasteiger partial charge is 0.489 e. The Hall–Kier alpha value is -1.80. The molecule has 2 nitrogen and oxygen atoms in total. The molecule has 0 aliphatic heterocycles. The molecular formula is C21H27NO. The quantitative estimate of drug-likeness (QED) is 0.751. The van der Waals surface area contributed by atoms with Gasteiger partial charge in [-0.3, -0.25) is 0 Å². The average Bonchev–Trinajstić information content (AvgIpc) is 2.88. The lowest BCUT2D eigenvalue weighted by Gasteiger charge is -2.16. The molecule has 1 saturated carbocycles. The van der Waals surface area contributed by atoms with Crippen LogP contribution in [0.5, 0.6) is 5.75 Å². The lowest BCUT2D eigenvalue weighted by atomic mass is 10.1. The Balaban J connectivity index is 1.50. The molecule has 0 atom stereocenters. The van der Waals surface area contributed by atoms with Crippen molar-refractivity contribution in [1.29, 1.82) is 0 Å². The first-order chi connectivity index (χ1) is 11.4. The van der Waals surface area contributed by atoms with Crippen LogP contribution in [-0.4, -0.2) is 6.04 Å². The van der Waals surface area contributed by atoms with Crippen LogP contribution in [0.15, 0.2) is 54.6 Å². The zero-order valence-corrected chi connectivity index (χ0v) is 13.8. The fourth-order valence-electron chi connectivity index (χ4n) is 3.23. The Labute approximate surface area is 139 Å². The van der Waals surface area contributed by atoms with Crippen LogP contribution >= 0.6 is 0 Å². The van der Waals surface area contributed by atoms with Crippen LogP contribution in [-0.2, 0) is 13.2 Å². The molecule has 122 valence electrons. The number of rotatable bonds is 6. The third-order valence-electron chi connectivity index (χ3n) is 4.60. The molecule has 2 heteroatoms. The van der Waals surface area contributed by atoms with Crippen LogP contribution in [0.4, 0.5) is 0 Å². The maximum Gasteiger partial charge on any atom is 0.120 e. The number of benzene rings is 2. The Morgan fingerprint density at radius 3 is 2.35 bits per heavy atom. The maximum atomic E-state index is 5.92. The molecule has 0 spiro atoms. The van der Waals surface area contributed by atoms with Crippen LogP contribution in [0.2, 0.25) is 0 Å². The third-order valence-corrected chi connectivity index (χ3v) is 4.60. The number of ether oxygens (including phenoxy) is 1. The normalized spacial score (nSPS) is 16.0. The summed E-state index contributed by atoms with van der Waals surface area (Å²) in [4.78, 5) is 0. The summed E-state index contributed by atoms with van der Waals surface area (Å²) in [6.45, 7) is 1.56. The van der Waals surface area contributed by atoms with Gasteiger partial charge in [-0.25, -0.2) is 0 Å². The van der Waals surface area contributed by atoms with Gasteiger partial charge in [-0.2, -0.15) is 0 Å². The molecule has 2 aromatic rings. The summed E-state index contributed by atoms with van der Waals surface area (Å²) in [5, 5.41) is 3.72. The van der Waals surface area contributed by atoms with Crippen molar-refractivity contribution in [3.05, 3.63) is 65.7 Å². The van der Waals surface area contributed by atoms with Gasteiger partial charge < -0.3 is 10.1 Å². The molecule has 0 unspecified atom stereocenters. The van der Waals surface area contributed by atoms with Gasteiger partial charge in [0, 0.05) is 12.6 Å². The lowest BCUT2D eigenvalue weighted by Crippen LogP contribution is -2.27. The van der Waals surface area contributed by atoms with Crippen molar-refractivity contribution in [1.82, 2.24) is 5.32 Å². The number of nitrogens with one attached hydrogen (secondary N) is 1. The Morgan fingerprint density at radius 1 is 0.826 bits per heavy atom. The van der Waals surface area contributed by atoms with E-state index in [4.69, 9.17) is 4.74 Å². The molecule has 0 bridgehead atoms. The van der Waals surface area contributed by atoms with E-state index in [-0.39, 0.29) is 0 Å². The smallest absolute Gasteiger partial charge is 0.120 e. The summed E-state index contributed by atoms with van der Waals surface area (Å²) in [7, 11) is 0. The highest BCUT2D eigenvalue weighted by atomic mass is 16.5. The van der Waals surface area contributed by atoms with Gasteiger partial charge in [-0.15, -0.1) is 0 Å². The standard InChI is InChI=1S/C21H27NO/c1-2-7-13-20(12-6-1)22-16-19-11-8-14-21(15-19)23-17-18-9-4-3-5-10-18/h3-5,8-11,14-15,20,22H,1-2,6-7,12-13,16-17H2. The molecule has 0 heterocycles. The van der Waals surface area contributed by atoms with E-state index < -0.39 is 0 Å². The van der Waals surface area contributed by atoms with Crippen molar-refractivity contribution in [3.63, 3.8) is 0 Å². The molecule has 3 rings (SSSR count). The van der Waals surface area contributed by atoms with Crippen LogP contribution in [0.25, 0.3) is 0 Å². The third kappa shape index (κ3) is 5.40.